The van der Waals surface area contributed by atoms with E-state index >= 15 is 0 Å². The standard InChI is InChI=1S/C16H21ClN2O4S/c1-19(2)14(20)10-23-16(22)13(8-9-24-3)18-15(21)11-4-6-12(17)7-5-11/h4-7,13H,8-10H2,1-3H3,(H,18,21)/t13-/m1/s1. The van der Waals surface area contributed by atoms with Crippen LogP contribution in [0.15, 0.2) is 24.3 Å². The molecular weight excluding hydrogens is 352 g/mol. The van der Waals surface area contributed by atoms with Crippen LogP contribution in [0, 0.1) is 0 Å². The Bertz CT molecular complexity index is 578. The van der Waals surface area contributed by atoms with Crippen molar-refractivity contribution in [1.82, 2.24) is 10.2 Å². The molecule has 132 valence electrons. The lowest BCUT2D eigenvalue weighted by Crippen LogP contribution is -2.43. The van der Waals surface area contributed by atoms with E-state index < -0.39 is 17.9 Å². The van der Waals surface area contributed by atoms with Crippen LogP contribution in [0.2, 0.25) is 5.02 Å². The van der Waals surface area contributed by atoms with Crippen molar-refractivity contribution >= 4 is 41.1 Å². The molecule has 1 N–H and O–H groups in total. The van der Waals surface area contributed by atoms with Gasteiger partial charge < -0.3 is 15.0 Å². The number of halogens is 1. The van der Waals surface area contributed by atoms with Crippen LogP contribution < -0.4 is 5.32 Å². The highest BCUT2D eigenvalue weighted by atomic mass is 35.5. The maximum atomic E-state index is 12.2. The smallest absolute Gasteiger partial charge is 0.329 e. The highest BCUT2D eigenvalue weighted by molar-refractivity contribution is 7.98. The fourth-order valence-electron chi connectivity index (χ4n) is 1.69. The number of benzene rings is 1. The van der Waals surface area contributed by atoms with E-state index in [-0.39, 0.29) is 12.5 Å². The average molecular weight is 373 g/mol. The molecule has 1 aromatic carbocycles. The van der Waals surface area contributed by atoms with Gasteiger partial charge >= 0.3 is 5.97 Å². The Balaban J connectivity index is 2.69. The Labute approximate surface area is 150 Å². The predicted octanol–water partition coefficient (Wildman–Crippen LogP) is 1.82. The zero-order chi connectivity index (χ0) is 18.1. The lowest BCUT2D eigenvalue weighted by molar-refractivity contribution is -0.152. The number of hydrogen-bond donors (Lipinski definition) is 1. The summed E-state index contributed by atoms with van der Waals surface area (Å²) in [6, 6.07) is 5.53. The van der Waals surface area contributed by atoms with Gasteiger partial charge in [-0.2, -0.15) is 11.8 Å². The number of nitrogens with zero attached hydrogens (tertiary/aromatic N) is 1. The second-order valence-electron chi connectivity index (χ2n) is 5.21. The van der Waals surface area contributed by atoms with E-state index in [4.69, 9.17) is 16.3 Å². The summed E-state index contributed by atoms with van der Waals surface area (Å²) < 4.78 is 5.00. The van der Waals surface area contributed by atoms with E-state index in [1.165, 1.54) is 4.90 Å². The highest BCUT2D eigenvalue weighted by Crippen LogP contribution is 2.10. The maximum absolute atomic E-state index is 12.2. The van der Waals surface area contributed by atoms with Gasteiger partial charge in [0.15, 0.2) is 6.61 Å². The Morgan fingerprint density at radius 2 is 1.88 bits per heavy atom. The lowest BCUT2D eigenvalue weighted by Gasteiger charge is -2.18. The molecule has 0 bridgehead atoms. The molecule has 1 rings (SSSR count). The first-order chi connectivity index (χ1) is 11.3. The second kappa shape index (κ2) is 10.2. The predicted molar refractivity (Wildman–Crippen MR) is 95.4 cm³/mol. The van der Waals surface area contributed by atoms with Crippen molar-refractivity contribution in [2.75, 3.05) is 32.7 Å². The van der Waals surface area contributed by atoms with Crippen molar-refractivity contribution in [3.8, 4) is 0 Å². The third-order valence-corrected chi connectivity index (χ3v) is 4.04. The number of carbonyl (C=O) groups is 3. The summed E-state index contributed by atoms with van der Waals surface area (Å²) >= 11 is 7.34. The third-order valence-electron chi connectivity index (χ3n) is 3.14. The molecule has 0 aliphatic rings. The molecule has 0 saturated carbocycles. The largest absolute Gasteiger partial charge is 0.454 e. The molecule has 0 unspecified atom stereocenters. The molecule has 0 radical (unpaired) electrons. The first kappa shape index (κ1) is 20.3. The van der Waals surface area contributed by atoms with Crippen molar-refractivity contribution < 1.29 is 19.1 Å². The Kier molecular flexibility index (Phi) is 8.63. The SMILES string of the molecule is CSCC[C@@H](NC(=O)c1ccc(Cl)cc1)C(=O)OCC(=O)N(C)C. The molecule has 1 atom stereocenters. The summed E-state index contributed by atoms with van der Waals surface area (Å²) in [5, 5.41) is 3.17. The molecule has 0 saturated heterocycles. The molecule has 0 aliphatic carbocycles. The fourth-order valence-corrected chi connectivity index (χ4v) is 2.29. The highest BCUT2D eigenvalue weighted by Gasteiger charge is 2.23. The fraction of sp³-hybridized carbons (Fsp3) is 0.438. The van der Waals surface area contributed by atoms with Gasteiger partial charge in [-0.1, -0.05) is 11.6 Å². The van der Waals surface area contributed by atoms with Crippen LogP contribution in [0.5, 0.6) is 0 Å². The molecule has 2 amide bonds. The maximum Gasteiger partial charge on any atom is 0.329 e. The number of likely N-dealkylation sites (N-methyl/N-ethyl adjacent to an activating group) is 1. The van der Waals surface area contributed by atoms with Crippen LogP contribution in [0.1, 0.15) is 16.8 Å². The van der Waals surface area contributed by atoms with E-state index in [1.54, 1.807) is 50.1 Å². The molecule has 0 heterocycles. The first-order valence-electron chi connectivity index (χ1n) is 7.27. The second-order valence-corrected chi connectivity index (χ2v) is 6.63. The van der Waals surface area contributed by atoms with Gasteiger partial charge in [0.05, 0.1) is 0 Å². The molecule has 0 spiro atoms. The number of nitrogens with one attached hydrogen (secondary N) is 1. The lowest BCUT2D eigenvalue weighted by atomic mass is 10.1. The number of ether oxygens (including phenoxy) is 1. The average Bonchev–Trinajstić information content (AvgIpc) is 2.56. The monoisotopic (exact) mass is 372 g/mol. The van der Waals surface area contributed by atoms with Gasteiger partial charge in [-0.05, 0) is 42.7 Å². The van der Waals surface area contributed by atoms with E-state index in [1.807, 2.05) is 6.26 Å². The zero-order valence-electron chi connectivity index (χ0n) is 13.9. The van der Waals surface area contributed by atoms with Crippen molar-refractivity contribution in [3.05, 3.63) is 34.9 Å². The minimum absolute atomic E-state index is 0.323. The van der Waals surface area contributed by atoms with Crippen LogP contribution in [-0.2, 0) is 14.3 Å². The third kappa shape index (κ3) is 6.80. The number of hydrogen-bond acceptors (Lipinski definition) is 5. The molecule has 1 aromatic rings. The van der Waals surface area contributed by atoms with Crippen LogP contribution in [0.3, 0.4) is 0 Å². The zero-order valence-corrected chi connectivity index (χ0v) is 15.4. The minimum atomic E-state index is -0.810. The van der Waals surface area contributed by atoms with Crippen LogP contribution in [-0.4, -0.2) is 61.4 Å². The Morgan fingerprint density at radius 3 is 2.42 bits per heavy atom. The van der Waals surface area contributed by atoms with E-state index in [9.17, 15) is 14.4 Å². The summed E-state index contributed by atoms with van der Waals surface area (Å²) in [5.41, 5.74) is 0.394. The first-order valence-corrected chi connectivity index (χ1v) is 9.04. The summed E-state index contributed by atoms with van der Waals surface area (Å²) in [5.74, 6) is -0.673. The Morgan fingerprint density at radius 1 is 1.25 bits per heavy atom. The van der Waals surface area contributed by atoms with Gasteiger partial charge in [-0.15, -0.1) is 0 Å². The van der Waals surface area contributed by atoms with Gasteiger partial charge in [0.2, 0.25) is 0 Å². The van der Waals surface area contributed by atoms with Gasteiger partial charge in [0.25, 0.3) is 11.8 Å². The van der Waals surface area contributed by atoms with Crippen LogP contribution in [0.25, 0.3) is 0 Å². The van der Waals surface area contributed by atoms with Gasteiger partial charge in [-0.3, -0.25) is 9.59 Å². The molecular formula is C16H21ClN2O4S. The minimum Gasteiger partial charge on any atom is -0.454 e. The van der Waals surface area contributed by atoms with Gasteiger partial charge in [0, 0.05) is 24.7 Å². The molecule has 8 heteroatoms. The van der Waals surface area contributed by atoms with E-state index in [0.29, 0.717) is 22.8 Å². The molecule has 0 fully saturated rings. The van der Waals surface area contributed by atoms with E-state index in [2.05, 4.69) is 5.32 Å². The molecule has 0 aromatic heterocycles. The quantitative estimate of drug-likeness (QED) is 0.704. The molecule has 24 heavy (non-hydrogen) atoms. The number of rotatable bonds is 8. The molecule has 0 aliphatic heterocycles. The summed E-state index contributed by atoms with van der Waals surface area (Å²) in [7, 11) is 3.15. The molecule has 6 nitrogen and oxygen atoms in total. The van der Waals surface area contributed by atoms with Crippen molar-refractivity contribution in [1.29, 1.82) is 0 Å². The number of carbonyl (C=O) groups excluding carboxylic acids is 3. The van der Waals surface area contributed by atoms with Crippen LogP contribution >= 0.6 is 23.4 Å². The van der Waals surface area contributed by atoms with Crippen LogP contribution in [0.4, 0.5) is 0 Å². The number of esters is 1. The summed E-state index contributed by atoms with van der Waals surface area (Å²) in [6.45, 7) is -0.349. The summed E-state index contributed by atoms with van der Waals surface area (Å²) in [4.78, 5) is 37.2. The van der Waals surface area contributed by atoms with Crippen molar-refractivity contribution in [2.24, 2.45) is 0 Å². The van der Waals surface area contributed by atoms with Crippen molar-refractivity contribution in [3.63, 3.8) is 0 Å². The van der Waals surface area contributed by atoms with Gasteiger partial charge in [-0.25, -0.2) is 4.79 Å². The number of amides is 2. The normalized spacial score (nSPS) is 11.5. The van der Waals surface area contributed by atoms with Crippen molar-refractivity contribution in [2.45, 2.75) is 12.5 Å². The van der Waals surface area contributed by atoms with E-state index in [0.717, 1.165) is 0 Å². The number of thioether (sulfide) groups is 1. The topological polar surface area (TPSA) is 75.7 Å². The summed E-state index contributed by atoms with van der Waals surface area (Å²) in [6.07, 6.45) is 2.31. The Hall–Kier alpha value is -1.73. The van der Waals surface area contributed by atoms with Gasteiger partial charge in [0.1, 0.15) is 6.04 Å².